The van der Waals surface area contributed by atoms with Crippen molar-refractivity contribution < 1.29 is 0 Å². The van der Waals surface area contributed by atoms with E-state index in [-0.39, 0.29) is 0 Å². The van der Waals surface area contributed by atoms with Crippen LogP contribution in [0.3, 0.4) is 0 Å². The van der Waals surface area contributed by atoms with Crippen molar-refractivity contribution in [3.05, 3.63) is 0 Å². The van der Waals surface area contributed by atoms with Crippen molar-refractivity contribution >= 4 is 11.8 Å². The van der Waals surface area contributed by atoms with Crippen LogP contribution in [0.25, 0.3) is 0 Å². The zero-order chi connectivity index (χ0) is 7.11. The minimum Gasteiger partial charge on any atom is -0.162 e. The molecule has 56 valence electrons. The van der Waals surface area contributed by atoms with E-state index in [1.165, 1.54) is 24.3 Å². The van der Waals surface area contributed by atoms with Crippen molar-refractivity contribution in [1.29, 1.82) is 0 Å². The van der Waals surface area contributed by atoms with Crippen molar-refractivity contribution in [3.63, 3.8) is 0 Å². The summed E-state index contributed by atoms with van der Waals surface area (Å²) in [4.78, 5) is 0. The van der Waals surface area contributed by atoms with E-state index in [1.54, 1.807) is 0 Å². The molecule has 0 aromatic heterocycles. The van der Waals surface area contributed by atoms with Gasteiger partial charge in [-0.05, 0) is 17.4 Å². The van der Waals surface area contributed by atoms with Gasteiger partial charge in [0, 0.05) is 0 Å². The molecule has 0 bridgehead atoms. The normalized spacial score (nSPS) is 13.7. The van der Waals surface area contributed by atoms with Crippen LogP contribution in [0.2, 0.25) is 0 Å². The standard InChI is InChI=1S/C8H18S/c1-4-6-8(3)7-9-5-2/h8H,4-7H2,1-3H3. The Kier molecular flexibility index (Phi) is 6.72. The van der Waals surface area contributed by atoms with Crippen LogP contribution in [0, 0.1) is 5.92 Å². The maximum Gasteiger partial charge on any atom is -0.00419 e. The van der Waals surface area contributed by atoms with Gasteiger partial charge >= 0.3 is 0 Å². The molecule has 0 spiro atoms. The number of rotatable bonds is 5. The Morgan fingerprint density at radius 1 is 1.33 bits per heavy atom. The maximum atomic E-state index is 2.34. The van der Waals surface area contributed by atoms with E-state index < -0.39 is 0 Å². The highest BCUT2D eigenvalue weighted by molar-refractivity contribution is 7.99. The van der Waals surface area contributed by atoms with Gasteiger partial charge in [0.05, 0.1) is 0 Å². The van der Waals surface area contributed by atoms with Crippen molar-refractivity contribution in [2.75, 3.05) is 11.5 Å². The molecule has 0 aliphatic heterocycles. The molecule has 0 saturated heterocycles. The summed E-state index contributed by atoms with van der Waals surface area (Å²) in [6, 6.07) is 0. The molecule has 0 radical (unpaired) electrons. The Balaban J connectivity index is 2.95. The maximum absolute atomic E-state index is 2.34. The van der Waals surface area contributed by atoms with Crippen LogP contribution in [0.4, 0.5) is 0 Å². The first kappa shape index (κ1) is 9.35. The largest absolute Gasteiger partial charge is 0.162 e. The predicted molar refractivity (Wildman–Crippen MR) is 47.1 cm³/mol. The number of thioether (sulfide) groups is 1. The molecule has 0 amide bonds. The third-order valence-electron chi connectivity index (χ3n) is 1.39. The average molecular weight is 146 g/mol. The average Bonchev–Trinajstić information content (AvgIpc) is 1.85. The first-order chi connectivity index (χ1) is 4.31. The Hall–Kier alpha value is 0.350. The summed E-state index contributed by atoms with van der Waals surface area (Å²) in [5.74, 6) is 3.55. The van der Waals surface area contributed by atoms with E-state index in [2.05, 4.69) is 32.5 Å². The SMILES string of the molecule is CCCC(C)CSCC. The molecule has 0 nitrogen and oxygen atoms in total. The quantitative estimate of drug-likeness (QED) is 0.574. The van der Waals surface area contributed by atoms with Gasteiger partial charge in [-0.25, -0.2) is 0 Å². The fraction of sp³-hybridized carbons (Fsp3) is 1.00. The second-order valence-electron chi connectivity index (χ2n) is 2.55. The molecule has 9 heavy (non-hydrogen) atoms. The molecule has 1 heteroatoms. The van der Waals surface area contributed by atoms with Crippen molar-refractivity contribution in [2.24, 2.45) is 5.92 Å². The molecule has 1 atom stereocenters. The van der Waals surface area contributed by atoms with Crippen LogP contribution in [0.5, 0.6) is 0 Å². The zero-order valence-electron chi connectivity index (χ0n) is 6.81. The molecule has 0 saturated carbocycles. The third-order valence-corrected chi connectivity index (χ3v) is 2.60. The van der Waals surface area contributed by atoms with Crippen molar-refractivity contribution in [2.45, 2.75) is 33.6 Å². The summed E-state index contributed by atoms with van der Waals surface area (Å²) < 4.78 is 0. The summed E-state index contributed by atoms with van der Waals surface area (Å²) in [6.07, 6.45) is 2.73. The van der Waals surface area contributed by atoms with E-state index in [4.69, 9.17) is 0 Å². The lowest BCUT2D eigenvalue weighted by molar-refractivity contribution is 0.585. The van der Waals surface area contributed by atoms with Crippen LogP contribution < -0.4 is 0 Å². The van der Waals surface area contributed by atoms with E-state index in [9.17, 15) is 0 Å². The van der Waals surface area contributed by atoms with Crippen LogP contribution in [0.15, 0.2) is 0 Å². The topological polar surface area (TPSA) is 0 Å². The van der Waals surface area contributed by atoms with Gasteiger partial charge in [-0.1, -0.05) is 33.6 Å². The highest BCUT2D eigenvalue weighted by Gasteiger charge is 1.97. The van der Waals surface area contributed by atoms with Crippen molar-refractivity contribution in [1.82, 2.24) is 0 Å². The first-order valence-corrected chi connectivity index (χ1v) is 5.04. The van der Waals surface area contributed by atoms with E-state index >= 15 is 0 Å². The lowest BCUT2D eigenvalue weighted by atomic mass is 10.1. The molecule has 0 aromatic rings. The van der Waals surface area contributed by atoms with E-state index in [0.29, 0.717) is 0 Å². The van der Waals surface area contributed by atoms with Gasteiger partial charge in [0.25, 0.3) is 0 Å². The van der Waals surface area contributed by atoms with Gasteiger partial charge in [-0.2, -0.15) is 11.8 Å². The van der Waals surface area contributed by atoms with Crippen LogP contribution >= 0.6 is 11.8 Å². The lowest BCUT2D eigenvalue weighted by Crippen LogP contribution is -1.96. The summed E-state index contributed by atoms with van der Waals surface area (Å²) in [7, 11) is 0. The minimum atomic E-state index is 0.931. The summed E-state index contributed by atoms with van der Waals surface area (Å²) in [5, 5.41) is 0. The summed E-state index contributed by atoms with van der Waals surface area (Å²) in [6.45, 7) is 6.82. The van der Waals surface area contributed by atoms with Gasteiger partial charge in [0.15, 0.2) is 0 Å². The monoisotopic (exact) mass is 146 g/mol. The van der Waals surface area contributed by atoms with E-state index in [1.807, 2.05) is 0 Å². The van der Waals surface area contributed by atoms with Gasteiger partial charge in [-0.3, -0.25) is 0 Å². The van der Waals surface area contributed by atoms with Gasteiger partial charge in [-0.15, -0.1) is 0 Å². The Morgan fingerprint density at radius 3 is 2.44 bits per heavy atom. The van der Waals surface area contributed by atoms with Gasteiger partial charge < -0.3 is 0 Å². The fourth-order valence-corrected chi connectivity index (χ4v) is 1.70. The summed E-state index contributed by atoms with van der Waals surface area (Å²) >= 11 is 2.06. The third kappa shape index (κ3) is 6.23. The molecule has 1 unspecified atom stereocenters. The molecule has 0 aromatic carbocycles. The summed E-state index contributed by atoms with van der Waals surface area (Å²) in [5.41, 5.74) is 0. The predicted octanol–water partition coefficient (Wildman–Crippen LogP) is 3.18. The lowest BCUT2D eigenvalue weighted by Gasteiger charge is -2.06. The number of hydrogen-bond acceptors (Lipinski definition) is 1. The zero-order valence-corrected chi connectivity index (χ0v) is 7.63. The van der Waals surface area contributed by atoms with Crippen LogP contribution in [-0.4, -0.2) is 11.5 Å². The highest BCUT2D eigenvalue weighted by atomic mass is 32.2. The van der Waals surface area contributed by atoms with Crippen LogP contribution in [-0.2, 0) is 0 Å². The van der Waals surface area contributed by atoms with E-state index in [0.717, 1.165) is 5.92 Å². The highest BCUT2D eigenvalue weighted by Crippen LogP contribution is 2.12. The molecule has 0 heterocycles. The molecule has 0 N–H and O–H groups in total. The van der Waals surface area contributed by atoms with Gasteiger partial charge in [0.2, 0.25) is 0 Å². The molecular weight excluding hydrogens is 128 g/mol. The van der Waals surface area contributed by atoms with Gasteiger partial charge in [0.1, 0.15) is 0 Å². The second-order valence-corrected chi connectivity index (χ2v) is 3.87. The molecule has 0 rings (SSSR count). The second kappa shape index (κ2) is 6.47. The first-order valence-electron chi connectivity index (χ1n) is 3.89. The molecular formula is C8H18S. The Morgan fingerprint density at radius 2 is 2.00 bits per heavy atom. The Labute approximate surface area is 63.4 Å². The fourth-order valence-electron chi connectivity index (χ4n) is 0.895. The molecule has 0 fully saturated rings. The smallest absolute Gasteiger partial charge is 0.00419 e. The van der Waals surface area contributed by atoms with Crippen LogP contribution in [0.1, 0.15) is 33.6 Å². The Bertz CT molecular complexity index is 52.5. The minimum absolute atomic E-state index is 0.931. The van der Waals surface area contributed by atoms with Crippen molar-refractivity contribution in [3.8, 4) is 0 Å². The molecule has 0 aliphatic rings. The number of hydrogen-bond donors (Lipinski definition) is 0. The molecule has 0 aliphatic carbocycles.